The summed E-state index contributed by atoms with van der Waals surface area (Å²) in [5.74, 6) is -0.0424. The number of hydrogen-bond donors (Lipinski definition) is 1. The molecule has 0 spiro atoms. The van der Waals surface area contributed by atoms with E-state index in [1.54, 1.807) is 11.3 Å². The molecule has 1 aromatic heterocycles. The maximum absolute atomic E-state index is 12.6. The molecule has 0 unspecified atom stereocenters. The number of amides is 1. The zero-order valence-corrected chi connectivity index (χ0v) is 16.3. The van der Waals surface area contributed by atoms with E-state index in [0.29, 0.717) is 11.6 Å². The number of hydrogen-bond acceptors (Lipinski definition) is 3. The lowest BCUT2D eigenvalue weighted by Gasteiger charge is -2.05. The van der Waals surface area contributed by atoms with Gasteiger partial charge in [-0.1, -0.05) is 90.2 Å². The predicted octanol–water partition coefficient (Wildman–Crippen LogP) is 6.28. The summed E-state index contributed by atoms with van der Waals surface area (Å²) in [4.78, 5) is 18.5. The first-order chi connectivity index (χ1) is 14.3. The topological polar surface area (TPSA) is 42.0 Å². The van der Waals surface area contributed by atoms with E-state index in [1.807, 2.05) is 18.2 Å². The Hall–Kier alpha value is -3.50. The van der Waals surface area contributed by atoms with E-state index < -0.39 is 0 Å². The molecule has 0 saturated heterocycles. The van der Waals surface area contributed by atoms with Gasteiger partial charge in [-0.15, -0.1) is 0 Å². The lowest BCUT2D eigenvalue weighted by Crippen LogP contribution is -2.14. The first kappa shape index (κ1) is 16.5. The smallest absolute Gasteiger partial charge is 0.230 e. The van der Waals surface area contributed by atoms with Crippen molar-refractivity contribution in [3.8, 4) is 21.7 Å². The average Bonchev–Trinajstić information content (AvgIpc) is 3.27. The van der Waals surface area contributed by atoms with Crippen LogP contribution in [0.15, 0.2) is 78.9 Å². The molecular formula is C25H16N2OS. The lowest BCUT2D eigenvalue weighted by molar-refractivity contribution is -0.115. The van der Waals surface area contributed by atoms with E-state index in [9.17, 15) is 4.79 Å². The Labute approximate surface area is 171 Å². The molecule has 1 aliphatic rings. The number of nitrogens with zero attached hydrogens (tertiary/aromatic N) is 1. The van der Waals surface area contributed by atoms with E-state index in [1.165, 1.54) is 21.7 Å². The number of carbonyl (C=O) groups excluding carboxylic acids is 1. The van der Waals surface area contributed by atoms with Crippen molar-refractivity contribution in [2.24, 2.45) is 0 Å². The van der Waals surface area contributed by atoms with Gasteiger partial charge in [0.1, 0.15) is 0 Å². The Morgan fingerprint density at radius 3 is 2.45 bits per heavy atom. The second-order valence-electron chi connectivity index (χ2n) is 7.31. The molecule has 0 atom stereocenters. The monoisotopic (exact) mass is 392 g/mol. The summed E-state index contributed by atoms with van der Waals surface area (Å²) in [6.07, 6.45) is 0.335. The van der Waals surface area contributed by atoms with E-state index in [-0.39, 0.29) is 5.91 Å². The molecule has 4 aromatic carbocycles. The molecule has 0 bridgehead atoms. The van der Waals surface area contributed by atoms with Crippen LogP contribution in [-0.2, 0) is 11.2 Å². The largest absolute Gasteiger partial charge is 0.302 e. The van der Waals surface area contributed by atoms with Crippen LogP contribution in [0.4, 0.5) is 5.13 Å². The molecule has 0 radical (unpaired) electrons. The minimum atomic E-state index is -0.0424. The minimum Gasteiger partial charge on any atom is -0.302 e. The maximum atomic E-state index is 12.6. The molecule has 0 aliphatic heterocycles. The summed E-state index contributed by atoms with van der Waals surface area (Å²) in [5.41, 5.74) is 4.34. The first-order valence-electron chi connectivity index (χ1n) is 9.57. The van der Waals surface area contributed by atoms with Gasteiger partial charge in [0.25, 0.3) is 0 Å². The third-order valence-electron chi connectivity index (χ3n) is 5.46. The summed E-state index contributed by atoms with van der Waals surface area (Å²) < 4.78 is 0. The van der Waals surface area contributed by atoms with Gasteiger partial charge in [0.05, 0.1) is 17.0 Å². The molecule has 0 fully saturated rings. The fourth-order valence-corrected chi connectivity index (χ4v) is 5.19. The number of fused-ring (bicyclic) bond motifs is 4. The van der Waals surface area contributed by atoms with Gasteiger partial charge in [-0.2, -0.15) is 0 Å². The Kier molecular flexibility index (Phi) is 3.55. The lowest BCUT2D eigenvalue weighted by atomic mass is 10.0. The van der Waals surface area contributed by atoms with Crippen LogP contribution < -0.4 is 5.32 Å². The predicted molar refractivity (Wildman–Crippen MR) is 120 cm³/mol. The second-order valence-corrected chi connectivity index (χ2v) is 8.31. The Bertz CT molecular complexity index is 1380. The quantitative estimate of drug-likeness (QED) is 0.385. The average molecular weight is 392 g/mol. The third kappa shape index (κ3) is 2.64. The number of benzene rings is 4. The zero-order valence-electron chi connectivity index (χ0n) is 15.5. The highest BCUT2D eigenvalue weighted by Gasteiger charge is 2.25. The van der Waals surface area contributed by atoms with Crippen LogP contribution in [0.25, 0.3) is 43.2 Å². The SMILES string of the molecule is O=C(Cc1ccc2ccccc2c1)Nc1nc2c(s1)-c1cccc3cccc-2c13. The van der Waals surface area contributed by atoms with Crippen LogP contribution in [-0.4, -0.2) is 10.9 Å². The van der Waals surface area contributed by atoms with Crippen molar-refractivity contribution in [1.29, 1.82) is 0 Å². The highest BCUT2D eigenvalue weighted by molar-refractivity contribution is 7.20. The minimum absolute atomic E-state index is 0.0424. The fourth-order valence-electron chi connectivity index (χ4n) is 4.16. The van der Waals surface area contributed by atoms with Crippen molar-refractivity contribution >= 4 is 43.9 Å². The third-order valence-corrected chi connectivity index (χ3v) is 6.46. The Morgan fingerprint density at radius 2 is 1.59 bits per heavy atom. The zero-order chi connectivity index (χ0) is 19.4. The molecule has 6 rings (SSSR count). The molecule has 29 heavy (non-hydrogen) atoms. The number of rotatable bonds is 3. The van der Waals surface area contributed by atoms with Gasteiger partial charge in [-0.05, 0) is 27.1 Å². The maximum Gasteiger partial charge on any atom is 0.230 e. The Morgan fingerprint density at radius 1 is 0.828 bits per heavy atom. The molecule has 1 N–H and O–H groups in total. The summed E-state index contributed by atoms with van der Waals surface area (Å²) in [5, 5.41) is 8.48. The second kappa shape index (κ2) is 6.26. The van der Waals surface area contributed by atoms with E-state index in [2.05, 4.69) is 66.0 Å². The van der Waals surface area contributed by atoms with E-state index in [4.69, 9.17) is 4.98 Å². The molecule has 5 aromatic rings. The normalized spacial score (nSPS) is 11.7. The van der Waals surface area contributed by atoms with Gasteiger partial charge in [-0.25, -0.2) is 4.98 Å². The number of carbonyl (C=O) groups is 1. The highest BCUT2D eigenvalue weighted by Crippen LogP contribution is 2.50. The van der Waals surface area contributed by atoms with E-state index >= 15 is 0 Å². The Balaban J connectivity index is 1.28. The summed E-state index contributed by atoms with van der Waals surface area (Å²) in [7, 11) is 0. The number of aromatic nitrogens is 1. The van der Waals surface area contributed by atoms with Gasteiger partial charge in [0.15, 0.2) is 5.13 Å². The molecule has 0 saturated carbocycles. The molecule has 1 aliphatic carbocycles. The van der Waals surface area contributed by atoms with Crippen molar-refractivity contribution < 1.29 is 4.79 Å². The van der Waals surface area contributed by atoms with Crippen LogP contribution >= 0.6 is 11.3 Å². The fraction of sp³-hybridized carbons (Fsp3) is 0.0400. The van der Waals surface area contributed by atoms with Gasteiger partial charge in [0, 0.05) is 11.1 Å². The van der Waals surface area contributed by atoms with Crippen molar-refractivity contribution in [2.75, 3.05) is 5.32 Å². The molecule has 4 heteroatoms. The molecule has 1 heterocycles. The van der Waals surface area contributed by atoms with Crippen LogP contribution in [0.5, 0.6) is 0 Å². The van der Waals surface area contributed by atoms with Crippen LogP contribution in [0.3, 0.4) is 0 Å². The van der Waals surface area contributed by atoms with Gasteiger partial charge in [-0.3, -0.25) is 4.79 Å². The molecule has 1 amide bonds. The molecule has 3 nitrogen and oxygen atoms in total. The molecular weight excluding hydrogens is 376 g/mol. The van der Waals surface area contributed by atoms with Crippen molar-refractivity contribution in [2.45, 2.75) is 6.42 Å². The number of nitrogens with one attached hydrogen (secondary N) is 1. The van der Waals surface area contributed by atoms with Gasteiger partial charge < -0.3 is 5.32 Å². The highest BCUT2D eigenvalue weighted by atomic mass is 32.1. The van der Waals surface area contributed by atoms with Gasteiger partial charge >= 0.3 is 0 Å². The van der Waals surface area contributed by atoms with Crippen molar-refractivity contribution in [3.05, 3.63) is 84.4 Å². The number of thiazole rings is 1. The summed E-state index contributed by atoms with van der Waals surface area (Å²) in [6, 6.07) is 27.0. The number of anilines is 1. The van der Waals surface area contributed by atoms with Crippen LogP contribution in [0.1, 0.15) is 5.56 Å². The summed E-state index contributed by atoms with van der Waals surface area (Å²) >= 11 is 1.55. The van der Waals surface area contributed by atoms with Crippen molar-refractivity contribution in [1.82, 2.24) is 4.98 Å². The van der Waals surface area contributed by atoms with E-state index in [0.717, 1.165) is 27.1 Å². The molecule has 138 valence electrons. The van der Waals surface area contributed by atoms with Crippen LogP contribution in [0, 0.1) is 0 Å². The van der Waals surface area contributed by atoms with Gasteiger partial charge in [0.2, 0.25) is 5.91 Å². The van der Waals surface area contributed by atoms with Crippen molar-refractivity contribution in [3.63, 3.8) is 0 Å². The summed E-state index contributed by atoms with van der Waals surface area (Å²) in [6.45, 7) is 0. The standard InChI is InChI=1S/C25H16N2OS/c28-21(14-15-11-12-16-5-1-2-6-18(16)13-15)26-25-27-23-19-9-3-7-17-8-4-10-20(22(17)19)24(23)29-25/h1-13H,14H2,(H,26,27,28). The first-order valence-corrected chi connectivity index (χ1v) is 10.4. The van der Waals surface area contributed by atoms with Crippen LogP contribution in [0.2, 0.25) is 0 Å².